The number of piperidine rings is 1. The van der Waals surface area contributed by atoms with Crippen LogP contribution in [-0.4, -0.2) is 39.1 Å². The summed E-state index contributed by atoms with van der Waals surface area (Å²) in [6.07, 6.45) is 3.44. The first-order valence-corrected chi connectivity index (χ1v) is 8.11. The van der Waals surface area contributed by atoms with Crippen LogP contribution < -0.4 is 25.8 Å². The lowest BCUT2D eigenvalue weighted by atomic mass is 9.93. The van der Waals surface area contributed by atoms with E-state index in [-0.39, 0.29) is 11.5 Å². The molecule has 4 N–H and O–H groups in total. The van der Waals surface area contributed by atoms with Gasteiger partial charge in [-0.3, -0.25) is 9.59 Å². The molecule has 0 saturated carbocycles. The number of ether oxygens (including phenoxy) is 2. The zero-order chi connectivity index (χ0) is 17.5. The van der Waals surface area contributed by atoms with E-state index in [1.165, 1.54) is 20.3 Å². The fourth-order valence-corrected chi connectivity index (χ4v) is 2.90. The predicted octanol–water partition coefficient (Wildman–Crippen LogP) is 1.52. The Balaban J connectivity index is 2.06. The van der Waals surface area contributed by atoms with Crippen molar-refractivity contribution in [2.45, 2.75) is 25.7 Å². The number of carbonyl (C=O) groups is 2. The van der Waals surface area contributed by atoms with E-state index in [1.807, 2.05) is 0 Å². The van der Waals surface area contributed by atoms with Crippen LogP contribution in [0.5, 0.6) is 11.5 Å². The molecule has 2 amide bonds. The van der Waals surface area contributed by atoms with Crippen LogP contribution in [0.15, 0.2) is 12.1 Å². The van der Waals surface area contributed by atoms with E-state index in [1.54, 1.807) is 6.07 Å². The van der Waals surface area contributed by atoms with Crippen LogP contribution in [0.4, 0.5) is 5.69 Å². The Kier molecular flexibility index (Phi) is 6.43. The van der Waals surface area contributed by atoms with Gasteiger partial charge in [-0.2, -0.15) is 0 Å². The van der Waals surface area contributed by atoms with Gasteiger partial charge < -0.3 is 25.8 Å². The average molecular weight is 335 g/mol. The third-order valence-corrected chi connectivity index (χ3v) is 4.30. The van der Waals surface area contributed by atoms with Crippen molar-refractivity contribution < 1.29 is 19.1 Å². The molecule has 1 aromatic carbocycles. The molecule has 1 fully saturated rings. The summed E-state index contributed by atoms with van der Waals surface area (Å²) in [7, 11) is 2.96. The maximum absolute atomic E-state index is 12.2. The molecule has 7 heteroatoms. The molecule has 0 atom stereocenters. The Bertz CT molecular complexity index is 598. The largest absolute Gasteiger partial charge is 0.493 e. The van der Waals surface area contributed by atoms with Gasteiger partial charge in [-0.15, -0.1) is 0 Å². The lowest BCUT2D eigenvalue weighted by Gasteiger charge is -2.22. The molecule has 0 bridgehead atoms. The van der Waals surface area contributed by atoms with Gasteiger partial charge in [-0.25, -0.2) is 0 Å². The number of methoxy groups -OCH3 is 2. The summed E-state index contributed by atoms with van der Waals surface area (Å²) < 4.78 is 10.4. The summed E-state index contributed by atoms with van der Waals surface area (Å²) in [6.45, 7) is 2.02. The number of nitrogens with one attached hydrogen (secondary N) is 2. The predicted molar refractivity (Wildman–Crippen MR) is 91.5 cm³/mol. The number of hydrogen-bond acceptors (Lipinski definition) is 5. The first-order chi connectivity index (χ1) is 11.5. The van der Waals surface area contributed by atoms with E-state index in [2.05, 4.69) is 10.6 Å². The Labute approximate surface area is 141 Å². The molecule has 1 aromatic rings. The second-order valence-corrected chi connectivity index (χ2v) is 5.90. The topological polar surface area (TPSA) is 103 Å². The number of nitrogens with two attached hydrogens (primary N) is 1. The number of rotatable bonds is 7. The minimum Gasteiger partial charge on any atom is -0.493 e. The van der Waals surface area contributed by atoms with E-state index in [0.717, 1.165) is 32.4 Å². The highest BCUT2D eigenvalue weighted by molar-refractivity contribution is 6.03. The molecule has 0 aromatic heterocycles. The summed E-state index contributed by atoms with van der Waals surface area (Å²) in [5.41, 5.74) is 5.94. The SMILES string of the molecule is COc1cc(NC(=O)CCC2CCNCC2)c(C(N)=O)cc1OC. The van der Waals surface area contributed by atoms with Crippen molar-refractivity contribution in [3.05, 3.63) is 17.7 Å². The van der Waals surface area contributed by atoms with Crippen molar-refractivity contribution >= 4 is 17.5 Å². The van der Waals surface area contributed by atoms with E-state index < -0.39 is 5.91 Å². The first-order valence-electron chi connectivity index (χ1n) is 8.11. The van der Waals surface area contributed by atoms with Crippen LogP contribution in [0, 0.1) is 5.92 Å². The van der Waals surface area contributed by atoms with Gasteiger partial charge in [-0.05, 0) is 44.3 Å². The van der Waals surface area contributed by atoms with E-state index in [0.29, 0.717) is 29.5 Å². The highest BCUT2D eigenvalue weighted by atomic mass is 16.5. The molecule has 1 heterocycles. The third kappa shape index (κ3) is 4.61. The van der Waals surface area contributed by atoms with E-state index in [4.69, 9.17) is 15.2 Å². The molecule has 2 rings (SSSR count). The first kappa shape index (κ1) is 18.1. The number of carbonyl (C=O) groups excluding carboxylic acids is 2. The van der Waals surface area contributed by atoms with Crippen LogP contribution in [0.2, 0.25) is 0 Å². The van der Waals surface area contributed by atoms with Gasteiger partial charge in [0.05, 0.1) is 25.5 Å². The summed E-state index contributed by atoms with van der Waals surface area (Å²) in [5.74, 6) is 0.612. The zero-order valence-corrected chi connectivity index (χ0v) is 14.2. The van der Waals surface area contributed by atoms with Crippen molar-refractivity contribution in [2.24, 2.45) is 11.7 Å². The normalized spacial score (nSPS) is 14.9. The van der Waals surface area contributed by atoms with Crippen LogP contribution in [0.3, 0.4) is 0 Å². The highest BCUT2D eigenvalue weighted by Gasteiger charge is 2.18. The van der Waals surface area contributed by atoms with E-state index >= 15 is 0 Å². The Morgan fingerprint density at radius 2 is 1.83 bits per heavy atom. The van der Waals surface area contributed by atoms with Crippen LogP contribution >= 0.6 is 0 Å². The smallest absolute Gasteiger partial charge is 0.250 e. The van der Waals surface area contributed by atoms with Gasteiger partial charge >= 0.3 is 0 Å². The molecule has 0 radical (unpaired) electrons. The quantitative estimate of drug-likeness (QED) is 0.701. The summed E-state index contributed by atoms with van der Waals surface area (Å²) in [4.78, 5) is 23.9. The molecule has 0 spiro atoms. The monoisotopic (exact) mass is 335 g/mol. The number of hydrogen-bond donors (Lipinski definition) is 3. The van der Waals surface area contributed by atoms with Crippen molar-refractivity contribution in [1.82, 2.24) is 5.32 Å². The van der Waals surface area contributed by atoms with Gasteiger partial charge in [0.2, 0.25) is 5.91 Å². The lowest BCUT2D eigenvalue weighted by molar-refractivity contribution is -0.116. The Hall–Kier alpha value is -2.28. The number of primary amides is 1. The molecule has 132 valence electrons. The molecule has 24 heavy (non-hydrogen) atoms. The molecule has 1 saturated heterocycles. The molecular formula is C17H25N3O4. The Morgan fingerprint density at radius 1 is 1.21 bits per heavy atom. The second-order valence-electron chi connectivity index (χ2n) is 5.90. The fourth-order valence-electron chi connectivity index (χ4n) is 2.90. The van der Waals surface area contributed by atoms with Gasteiger partial charge in [0.1, 0.15) is 0 Å². The molecule has 0 aliphatic carbocycles. The second kappa shape index (κ2) is 8.54. The standard InChI is InChI=1S/C17H25N3O4/c1-23-14-9-12(17(18)22)13(10-15(14)24-2)20-16(21)4-3-11-5-7-19-8-6-11/h9-11,19H,3-8H2,1-2H3,(H2,18,22)(H,20,21). The number of anilines is 1. The lowest BCUT2D eigenvalue weighted by Crippen LogP contribution is -2.28. The fraction of sp³-hybridized carbons (Fsp3) is 0.529. The third-order valence-electron chi connectivity index (χ3n) is 4.30. The summed E-state index contributed by atoms with van der Waals surface area (Å²) in [5, 5.41) is 6.07. The number of amides is 2. The zero-order valence-electron chi connectivity index (χ0n) is 14.2. The highest BCUT2D eigenvalue weighted by Crippen LogP contribution is 2.33. The van der Waals surface area contributed by atoms with Gasteiger partial charge in [0.25, 0.3) is 5.91 Å². The Morgan fingerprint density at radius 3 is 2.42 bits per heavy atom. The summed E-state index contributed by atoms with van der Waals surface area (Å²) >= 11 is 0. The van der Waals surface area contributed by atoms with Gasteiger partial charge in [0, 0.05) is 12.5 Å². The maximum Gasteiger partial charge on any atom is 0.250 e. The molecule has 1 aliphatic heterocycles. The van der Waals surface area contributed by atoms with Crippen molar-refractivity contribution in [2.75, 3.05) is 32.6 Å². The van der Waals surface area contributed by atoms with Crippen molar-refractivity contribution in [3.8, 4) is 11.5 Å². The molecule has 1 aliphatic rings. The minimum absolute atomic E-state index is 0.136. The molecular weight excluding hydrogens is 310 g/mol. The van der Waals surface area contributed by atoms with E-state index in [9.17, 15) is 9.59 Å². The van der Waals surface area contributed by atoms with Crippen LogP contribution in [-0.2, 0) is 4.79 Å². The average Bonchev–Trinajstić information content (AvgIpc) is 2.60. The molecule has 7 nitrogen and oxygen atoms in total. The molecule has 0 unspecified atom stereocenters. The van der Waals surface area contributed by atoms with Gasteiger partial charge in [0.15, 0.2) is 11.5 Å². The van der Waals surface area contributed by atoms with Crippen LogP contribution in [0.25, 0.3) is 0 Å². The van der Waals surface area contributed by atoms with Crippen LogP contribution in [0.1, 0.15) is 36.0 Å². The van der Waals surface area contributed by atoms with Crippen molar-refractivity contribution in [3.63, 3.8) is 0 Å². The minimum atomic E-state index is -0.635. The maximum atomic E-state index is 12.2. The van der Waals surface area contributed by atoms with Gasteiger partial charge in [-0.1, -0.05) is 0 Å². The van der Waals surface area contributed by atoms with Crippen molar-refractivity contribution in [1.29, 1.82) is 0 Å². The number of benzene rings is 1. The summed E-state index contributed by atoms with van der Waals surface area (Å²) in [6, 6.07) is 3.03.